The molecule has 0 aliphatic carbocycles. The summed E-state index contributed by atoms with van der Waals surface area (Å²) in [6, 6.07) is 10.1. The molecular formula is C19H25N5O2S. The van der Waals surface area contributed by atoms with Gasteiger partial charge in [-0.15, -0.1) is 10.2 Å². The molecule has 1 fully saturated rings. The second-order valence-electron chi connectivity index (χ2n) is 6.58. The zero-order valence-electron chi connectivity index (χ0n) is 15.6. The topological polar surface area (TPSA) is 80.1 Å². The van der Waals surface area contributed by atoms with E-state index >= 15 is 0 Å². The third kappa shape index (κ3) is 5.56. The Balaban J connectivity index is 1.44. The van der Waals surface area contributed by atoms with E-state index in [2.05, 4.69) is 27.6 Å². The smallest absolute Gasteiger partial charge is 0.230 e. The van der Waals surface area contributed by atoms with Crippen molar-refractivity contribution >= 4 is 23.6 Å². The number of nitrogens with zero attached hydrogens (tertiary/aromatic N) is 4. The van der Waals surface area contributed by atoms with Crippen molar-refractivity contribution in [3.05, 3.63) is 41.7 Å². The number of likely N-dealkylation sites (tertiary alicyclic amines) is 1. The molecule has 2 amide bonds. The molecular weight excluding hydrogens is 362 g/mol. The van der Waals surface area contributed by atoms with Crippen LogP contribution in [0, 0.1) is 6.92 Å². The molecule has 0 radical (unpaired) electrons. The van der Waals surface area contributed by atoms with Gasteiger partial charge in [0.2, 0.25) is 11.8 Å². The van der Waals surface area contributed by atoms with E-state index in [1.807, 2.05) is 34.6 Å². The number of amides is 2. The zero-order chi connectivity index (χ0) is 19.1. The molecule has 0 bridgehead atoms. The van der Waals surface area contributed by atoms with Crippen LogP contribution in [0.3, 0.4) is 0 Å². The second kappa shape index (κ2) is 9.55. The largest absolute Gasteiger partial charge is 0.355 e. The molecule has 144 valence electrons. The van der Waals surface area contributed by atoms with Crippen molar-refractivity contribution in [2.75, 3.05) is 25.4 Å². The van der Waals surface area contributed by atoms with Crippen LogP contribution in [0.5, 0.6) is 0 Å². The summed E-state index contributed by atoms with van der Waals surface area (Å²) in [5.74, 6) is 1.10. The van der Waals surface area contributed by atoms with Crippen molar-refractivity contribution in [2.45, 2.75) is 37.9 Å². The number of rotatable bonds is 8. The lowest BCUT2D eigenvalue weighted by atomic mass is 10.2. The minimum Gasteiger partial charge on any atom is -0.355 e. The second-order valence-corrected chi connectivity index (χ2v) is 7.52. The highest BCUT2D eigenvalue weighted by molar-refractivity contribution is 7.99. The third-order valence-electron chi connectivity index (χ3n) is 4.54. The molecule has 0 unspecified atom stereocenters. The number of aryl methyl sites for hydroxylation is 1. The predicted octanol–water partition coefficient (Wildman–Crippen LogP) is 1.86. The summed E-state index contributed by atoms with van der Waals surface area (Å²) in [7, 11) is 0. The Labute approximate surface area is 163 Å². The van der Waals surface area contributed by atoms with Gasteiger partial charge in [0.15, 0.2) is 5.16 Å². The Kier molecular flexibility index (Phi) is 6.86. The number of nitrogens with one attached hydrogen (secondary N) is 1. The highest BCUT2D eigenvalue weighted by atomic mass is 32.2. The van der Waals surface area contributed by atoms with E-state index in [1.165, 1.54) is 11.8 Å². The van der Waals surface area contributed by atoms with Crippen molar-refractivity contribution < 1.29 is 9.59 Å². The summed E-state index contributed by atoms with van der Waals surface area (Å²) in [4.78, 5) is 25.9. The van der Waals surface area contributed by atoms with Crippen molar-refractivity contribution in [3.8, 4) is 0 Å². The van der Waals surface area contributed by atoms with Crippen LogP contribution in [-0.2, 0) is 16.1 Å². The number of carbonyl (C=O) groups is 2. The van der Waals surface area contributed by atoms with E-state index in [9.17, 15) is 9.59 Å². The van der Waals surface area contributed by atoms with Crippen LogP contribution in [0.4, 0.5) is 0 Å². The Bertz CT molecular complexity index is 772. The van der Waals surface area contributed by atoms with Gasteiger partial charge in [0.25, 0.3) is 0 Å². The molecule has 1 aliphatic rings. The number of carbonyl (C=O) groups excluding carboxylic acids is 2. The molecule has 1 N–H and O–H groups in total. The number of benzene rings is 1. The minimum atomic E-state index is -0.0962. The van der Waals surface area contributed by atoms with Crippen LogP contribution in [0.25, 0.3) is 0 Å². The van der Waals surface area contributed by atoms with Crippen molar-refractivity contribution in [2.24, 2.45) is 0 Å². The third-order valence-corrected chi connectivity index (χ3v) is 5.50. The molecule has 2 aromatic rings. The van der Waals surface area contributed by atoms with E-state index in [0.717, 1.165) is 42.5 Å². The van der Waals surface area contributed by atoms with Crippen LogP contribution in [-0.4, -0.2) is 56.9 Å². The fourth-order valence-corrected chi connectivity index (χ4v) is 3.84. The molecule has 27 heavy (non-hydrogen) atoms. The molecule has 1 aromatic carbocycles. The van der Waals surface area contributed by atoms with E-state index in [-0.39, 0.29) is 17.6 Å². The maximum absolute atomic E-state index is 12.1. The summed E-state index contributed by atoms with van der Waals surface area (Å²) in [5.41, 5.74) is 1.16. The molecule has 1 aliphatic heterocycles. The molecule has 2 heterocycles. The lowest BCUT2D eigenvalue weighted by Gasteiger charge is -2.15. The first kappa shape index (κ1) is 19.4. The van der Waals surface area contributed by atoms with E-state index in [4.69, 9.17) is 0 Å². The van der Waals surface area contributed by atoms with Gasteiger partial charge in [-0.05, 0) is 25.3 Å². The number of thioether (sulfide) groups is 1. The van der Waals surface area contributed by atoms with Gasteiger partial charge in [0.1, 0.15) is 5.82 Å². The van der Waals surface area contributed by atoms with Gasteiger partial charge in [-0.2, -0.15) is 0 Å². The predicted molar refractivity (Wildman–Crippen MR) is 104 cm³/mol. The number of hydrogen-bond donors (Lipinski definition) is 1. The summed E-state index contributed by atoms with van der Waals surface area (Å²) in [5, 5.41) is 11.9. The first-order valence-electron chi connectivity index (χ1n) is 9.24. The van der Waals surface area contributed by atoms with Crippen LogP contribution in [0.1, 0.15) is 30.7 Å². The molecule has 7 nitrogen and oxygen atoms in total. The van der Waals surface area contributed by atoms with Gasteiger partial charge in [0, 0.05) is 26.1 Å². The highest BCUT2D eigenvalue weighted by Crippen LogP contribution is 2.18. The van der Waals surface area contributed by atoms with Gasteiger partial charge in [-0.1, -0.05) is 42.1 Å². The minimum absolute atomic E-state index is 0.0962. The fourth-order valence-electron chi connectivity index (χ4n) is 3.03. The molecule has 0 atom stereocenters. The van der Waals surface area contributed by atoms with Crippen LogP contribution >= 0.6 is 11.8 Å². The van der Waals surface area contributed by atoms with E-state index in [0.29, 0.717) is 19.5 Å². The van der Waals surface area contributed by atoms with E-state index < -0.39 is 0 Å². The number of hydrogen-bond acceptors (Lipinski definition) is 5. The molecule has 0 spiro atoms. The molecule has 3 rings (SSSR count). The van der Waals surface area contributed by atoms with Crippen molar-refractivity contribution in [1.82, 2.24) is 25.0 Å². The lowest BCUT2D eigenvalue weighted by molar-refractivity contribution is -0.130. The molecule has 8 heteroatoms. The van der Waals surface area contributed by atoms with Gasteiger partial charge < -0.3 is 14.8 Å². The normalized spacial score (nSPS) is 13.7. The van der Waals surface area contributed by atoms with Gasteiger partial charge in [-0.25, -0.2) is 0 Å². The first-order valence-corrected chi connectivity index (χ1v) is 10.2. The van der Waals surface area contributed by atoms with Crippen LogP contribution in [0.15, 0.2) is 35.5 Å². The van der Waals surface area contributed by atoms with E-state index in [1.54, 1.807) is 0 Å². The summed E-state index contributed by atoms with van der Waals surface area (Å²) < 4.78 is 2.00. The average molecular weight is 388 g/mol. The molecule has 1 saturated heterocycles. The Morgan fingerprint density at radius 3 is 2.63 bits per heavy atom. The zero-order valence-corrected chi connectivity index (χ0v) is 16.4. The molecule has 1 aromatic heterocycles. The Morgan fingerprint density at radius 1 is 1.15 bits per heavy atom. The monoisotopic (exact) mass is 387 g/mol. The lowest BCUT2D eigenvalue weighted by Crippen LogP contribution is -2.33. The summed E-state index contributed by atoms with van der Waals surface area (Å²) >= 11 is 1.36. The van der Waals surface area contributed by atoms with Crippen LogP contribution < -0.4 is 5.32 Å². The Morgan fingerprint density at radius 2 is 1.89 bits per heavy atom. The fraction of sp³-hybridized carbons (Fsp3) is 0.474. The average Bonchev–Trinajstić information content (AvgIpc) is 3.32. The first-order chi connectivity index (χ1) is 13.1. The maximum Gasteiger partial charge on any atom is 0.230 e. The van der Waals surface area contributed by atoms with Crippen molar-refractivity contribution in [1.29, 1.82) is 0 Å². The Hall–Kier alpha value is -2.35. The van der Waals surface area contributed by atoms with Crippen LogP contribution in [0.2, 0.25) is 0 Å². The maximum atomic E-state index is 12.1. The van der Waals surface area contributed by atoms with Gasteiger partial charge >= 0.3 is 0 Å². The standard InChI is InChI=1S/C19H25N5O2S/c1-15-21-22-19(24(15)13-16-7-3-2-4-8-16)27-14-17(25)20-10-9-18(26)23-11-5-6-12-23/h2-4,7-8H,5-6,9-14H2,1H3,(H,20,25). The van der Waals surface area contributed by atoms with Gasteiger partial charge in [-0.3, -0.25) is 9.59 Å². The van der Waals surface area contributed by atoms with Gasteiger partial charge in [0.05, 0.1) is 12.3 Å². The van der Waals surface area contributed by atoms with Crippen molar-refractivity contribution in [3.63, 3.8) is 0 Å². The SMILES string of the molecule is Cc1nnc(SCC(=O)NCCC(=O)N2CCCC2)n1Cc1ccccc1. The number of aromatic nitrogens is 3. The summed E-state index contributed by atoms with van der Waals surface area (Å²) in [6.45, 7) is 4.65. The summed E-state index contributed by atoms with van der Waals surface area (Å²) in [6.07, 6.45) is 2.52. The highest BCUT2D eigenvalue weighted by Gasteiger charge is 2.17. The quantitative estimate of drug-likeness (QED) is 0.700. The molecule has 0 saturated carbocycles.